The minimum atomic E-state index is -0.120. The lowest BCUT2D eigenvalue weighted by molar-refractivity contribution is 0.615. The van der Waals surface area contributed by atoms with Crippen molar-refractivity contribution in [1.29, 1.82) is 0 Å². The van der Waals surface area contributed by atoms with Gasteiger partial charge in [-0.3, -0.25) is 0 Å². The monoisotopic (exact) mass is 166 g/mol. The smallest absolute Gasteiger partial charge is 0.0943 e. The van der Waals surface area contributed by atoms with Gasteiger partial charge in [0.05, 0.1) is 5.54 Å². The Bertz CT molecular complexity index is 188. The van der Waals surface area contributed by atoms with Gasteiger partial charge in [-0.1, -0.05) is 32.1 Å². The molecule has 12 heavy (non-hydrogen) atoms. The van der Waals surface area contributed by atoms with Gasteiger partial charge in [0.15, 0.2) is 0 Å². The van der Waals surface area contributed by atoms with E-state index in [1.165, 1.54) is 0 Å². The van der Waals surface area contributed by atoms with Gasteiger partial charge in [0.1, 0.15) is 0 Å². The summed E-state index contributed by atoms with van der Waals surface area (Å²) in [6.07, 6.45) is 8.86. The van der Waals surface area contributed by atoms with Crippen molar-refractivity contribution in [3.8, 4) is 0 Å². The zero-order valence-corrected chi connectivity index (χ0v) is 8.41. The summed E-state index contributed by atoms with van der Waals surface area (Å²) >= 11 is 0. The molecule has 1 rings (SSSR count). The Hall–Kier alpha value is -0.920. The second-order valence-electron chi connectivity index (χ2n) is 2.89. The van der Waals surface area contributed by atoms with Gasteiger partial charge in [-0.25, -0.2) is 0 Å². The number of nitrogens with zero attached hydrogens (tertiary/aromatic N) is 2. The number of allylic oxidation sites excluding steroid dienone is 2. The van der Waals surface area contributed by atoms with Crippen molar-refractivity contribution in [2.45, 2.75) is 39.7 Å². The fourth-order valence-electron chi connectivity index (χ4n) is 0.758. The Labute approximate surface area is 75.1 Å². The number of hydrogen-bond acceptors (Lipinski definition) is 2. The van der Waals surface area contributed by atoms with Crippen molar-refractivity contribution in [3.63, 3.8) is 0 Å². The molecule has 0 aliphatic carbocycles. The number of hydrogen-bond donors (Lipinski definition) is 0. The van der Waals surface area contributed by atoms with Crippen LogP contribution in [0.1, 0.15) is 34.1 Å². The lowest BCUT2D eigenvalue weighted by Crippen LogP contribution is -2.11. The predicted molar refractivity (Wildman–Crippen MR) is 53.2 cm³/mol. The zero-order chi connectivity index (χ0) is 9.45. The molecule has 0 aromatic heterocycles. The van der Waals surface area contributed by atoms with Crippen molar-refractivity contribution < 1.29 is 0 Å². The maximum atomic E-state index is 4.07. The molecule has 0 atom stereocenters. The van der Waals surface area contributed by atoms with Crippen LogP contribution in [0.5, 0.6) is 0 Å². The topological polar surface area (TPSA) is 24.7 Å². The van der Waals surface area contributed by atoms with Gasteiger partial charge in [-0.15, -0.1) is 0 Å². The molecule has 0 unspecified atom stereocenters. The average Bonchev–Trinajstić information content (AvgIpc) is 2.03. The van der Waals surface area contributed by atoms with Crippen molar-refractivity contribution in [2.24, 2.45) is 10.2 Å². The van der Waals surface area contributed by atoms with E-state index in [2.05, 4.69) is 22.4 Å². The van der Waals surface area contributed by atoms with Crippen LogP contribution in [0, 0.1) is 0 Å². The van der Waals surface area contributed by atoms with E-state index in [1.54, 1.807) is 6.20 Å². The SMILES string of the molecule is CC.CC1(C)/C=C\C/C=C\N=N1. The van der Waals surface area contributed by atoms with Crippen LogP contribution >= 0.6 is 0 Å². The minimum Gasteiger partial charge on any atom is -0.179 e. The van der Waals surface area contributed by atoms with Crippen LogP contribution in [-0.2, 0) is 0 Å². The third-order valence-corrected chi connectivity index (χ3v) is 1.29. The van der Waals surface area contributed by atoms with E-state index in [0.717, 1.165) is 6.42 Å². The fraction of sp³-hybridized carbons (Fsp3) is 0.600. The van der Waals surface area contributed by atoms with E-state index in [0.29, 0.717) is 0 Å². The van der Waals surface area contributed by atoms with Gasteiger partial charge < -0.3 is 0 Å². The Morgan fingerprint density at radius 3 is 2.50 bits per heavy atom. The molecule has 0 fully saturated rings. The maximum absolute atomic E-state index is 4.07. The van der Waals surface area contributed by atoms with Crippen LogP contribution in [-0.4, -0.2) is 5.54 Å². The van der Waals surface area contributed by atoms with Crippen LogP contribution in [0.3, 0.4) is 0 Å². The molecule has 0 saturated carbocycles. The minimum absolute atomic E-state index is 0.120. The highest BCUT2D eigenvalue weighted by molar-refractivity contribution is 5.05. The van der Waals surface area contributed by atoms with Gasteiger partial charge in [0, 0.05) is 6.20 Å². The molecule has 2 heteroatoms. The van der Waals surface area contributed by atoms with Crippen molar-refractivity contribution in [3.05, 3.63) is 24.4 Å². The molecule has 1 aliphatic rings. The van der Waals surface area contributed by atoms with Crippen LogP contribution in [0.15, 0.2) is 34.7 Å². The Morgan fingerprint density at radius 1 is 1.17 bits per heavy atom. The molecular formula is C10H18N2. The van der Waals surface area contributed by atoms with E-state index < -0.39 is 0 Å². The highest BCUT2D eigenvalue weighted by Gasteiger charge is 2.10. The van der Waals surface area contributed by atoms with Crippen molar-refractivity contribution >= 4 is 0 Å². The van der Waals surface area contributed by atoms with E-state index in [1.807, 2.05) is 33.8 Å². The first-order chi connectivity index (χ1) is 5.71. The zero-order valence-electron chi connectivity index (χ0n) is 8.41. The van der Waals surface area contributed by atoms with E-state index >= 15 is 0 Å². The van der Waals surface area contributed by atoms with Crippen LogP contribution in [0.2, 0.25) is 0 Å². The average molecular weight is 166 g/mol. The predicted octanol–water partition coefficient (Wildman–Crippen LogP) is 3.72. The molecule has 68 valence electrons. The highest BCUT2D eigenvalue weighted by atomic mass is 15.1. The Morgan fingerprint density at radius 2 is 1.83 bits per heavy atom. The second kappa shape index (κ2) is 5.70. The molecule has 0 aromatic rings. The molecule has 0 amide bonds. The molecule has 0 spiro atoms. The summed E-state index contributed by atoms with van der Waals surface area (Å²) in [7, 11) is 0. The summed E-state index contributed by atoms with van der Waals surface area (Å²) in [5.41, 5.74) is -0.120. The largest absolute Gasteiger partial charge is 0.179 e. The lowest BCUT2D eigenvalue weighted by Gasteiger charge is -2.11. The summed E-state index contributed by atoms with van der Waals surface area (Å²) < 4.78 is 0. The quantitative estimate of drug-likeness (QED) is 0.490. The summed E-state index contributed by atoms with van der Waals surface area (Å²) in [4.78, 5) is 0. The van der Waals surface area contributed by atoms with Gasteiger partial charge in [0.25, 0.3) is 0 Å². The molecule has 0 radical (unpaired) electrons. The summed E-state index contributed by atoms with van der Waals surface area (Å²) in [6, 6.07) is 0. The van der Waals surface area contributed by atoms with Gasteiger partial charge in [0.2, 0.25) is 0 Å². The summed E-state index contributed by atoms with van der Waals surface area (Å²) in [6.45, 7) is 8.07. The van der Waals surface area contributed by atoms with Crippen LogP contribution < -0.4 is 0 Å². The van der Waals surface area contributed by atoms with Crippen molar-refractivity contribution in [1.82, 2.24) is 0 Å². The second-order valence-corrected chi connectivity index (χ2v) is 2.89. The molecule has 0 N–H and O–H groups in total. The molecule has 0 aromatic carbocycles. The molecule has 1 aliphatic heterocycles. The maximum Gasteiger partial charge on any atom is 0.0943 e. The molecule has 1 heterocycles. The third kappa shape index (κ3) is 4.83. The molecular weight excluding hydrogens is 148 g/mol. The summed E-state index contributed by atoms with van der Waals surface area (Å²) in [5.74, 6) is 0. The molecule has 2 nitrogen and oxygen atoms in total. The van der Waals surface area contributed by atoms with Gasteiger partial charge in [-0.2, -0.15) is 10.2 Å². The van der Waals surface area contributed by atoms with Gasteiger partial charge >= 0.3 is 0 Å². The van der Waals surface area contributed by atoms with E-state index in [4.69, 9.17) is 0 Å². The number of azo groups is 1. The number of rotatable bonds is 0. The van der Waals surface area contributed by atoms with Crippen LogP contribution in [0.25, 0.3) is 0 Å². The lowest BCUT2D eigenvalue weighted by atomic mass is 10.1. The standard InChI is InChI=1S/C8H12N2.C2H6/c1-8(2)6-4-3-5-7-9-10-8;1-2/h4-7H,3H2,1-2H3;1-2H3/b6-4-,7-5-,10-9?;. The Balaban J connectivity index is 0.000000561. The van der Waals surface area contributed by atoms with E-state index in [9.17, 15) is 0 Å². The molecule has 0 saturated heterocycles. The highest BCUT2D eigenvalue weighted by Crippen LogP contribution is 2.13. The van der Waals surface area contributed by atoms with E-state index in [-0.39, 0.29) is 5.54 Å². The first kappa shape index (κ1) is 11.1. The van der Waals surface area contributed by atoms with Crippen molar-refractivity contribution in [2.75, 3.05) is 0 Å². The third-order valence-electron chi connectivity index (χ3n) is 1.29. The fourth-order valence-corrected chi connectivity index (χ4v) is 0.758. The summed E-state index contributed by atoms with van der Waals surface area (Å²) in [5, 5.41) is 7.94. The normalized spacial score (nSPS) is 24.3. The van der Waals surface area contributed by atoms with Gasteiger partial charge in [-0.05, 0) is 20.3 Å². The first-order valence-corrected chi connectivity index (χ1v) is 4.45. The Kier molecular flexibility index (Phi) is 5.26. The first-order valence-electron chi connectivity index (χ1n) is 4.45. The molecule has 0 bridgehead atoms. The van der Waals surface area contributed by atoms with Crippen LogP contribution in [0.4, 0.5) is 0 Å².